The van der Waals surface area contributed by atoms with Crippen molar-refractivity contribution in [1.82, 2.24) is 4.57 Å². The zero-order chi connectivity index (χ0) is 20.8. The minimum Gasteiger partial charge on any atom is -0.366 e. The standard InChI is InChI=1S/C23H29N3O3/c1-2-3-13-26-20-12-7-5-4-6-9-16(20)15-19(23(26)29)22(28)25-18-11-8-10-17(14-18)21(24)27/h8,10-11,14-15H,2-7,9,12-13H2,1H3,(H2,24,27)(H,25,28). The van der Waals surface area contributed by atoms with Crippen molar-refractivity contribution in [2.75, 3.05) is 5.32 Å². The van der Waals surface area contributed by atoms with Crippen LogP contribution in [-0.2, 0) is 19.4 Å². The average Bonchev–Trinajstić information content (AvgIpc) is 2.68. The molecule has 2 amide bonds. The van der Waals surface area contributed by atoms with Gasteiger partial charge in [0.15, 0.2) is 0 Å². The van der Waals surface area contributed by atoms with Gasteiger partial charge in [-0.3, -0.25) is 14.4 Å². The molecule has 0 radical (unpaired) electrons. The Morgan fingerprint density at radius 1 is 1.10 bits per heavy atom. The molecule has 1 aliphatic carbocycles. The molecule has 3 rings (SSSR count). The zero-order valence-electron chi connectivity index (χ0n) is 17.0. The first-order chi connectivity index (χ1) is 14.0. The molecule has 1 heterocycles. The minimum absolute atomic E-state index is 0.157. The summed E-state index contributed by atoms with van der Waals surface area (Å²) in [6.07, 6.45) is 8.16. The van der Waals surface area contributed by atoms with E-state index in [1.54, 1.807) is 24.3 Å². The van der Waals surface area contributed by atoms with Crippen molar-refractivity contribution in [3.8, 4) is 0 Å². The second kappa shape index (κ2) is 9.54. The highest BCUT2D eigenvalue weighted by Crippen LogP contribution is 2.21. The summed E-state index contributed by atoms with van der Waals surface area (Å²) in [6, 6.07) is 8.20. The lowest BCUT2D eigenvalue weighted by atomic mass is 9.95. The Morgan fingerprint density at radius 2 is 1.86 bits per heavy atom. The van der Waals surface area contributed by atoms with Gasteiger partial charge in [0.1, 0.15) is 5.56 Å². The number of primary amides is 1. The van der Waals surface area contributed by atoms with Crippen LogP contribution in [0.15, 0.2) is 35.1 Å². The van der Waals surface area contributed by atoms with Gasteiger partial charge in [0.2, 0.25) is 5.91 Å². The first kappa shape index (κ1) is 20.8. The topological polar surface area (TPSA) is 94.2 Å². The summed E-state index contributed by atoms with van der Waals surface area (Å²) in [7, 11) is 0. The van der Waals surface area contributed by atoms with Gasteiger partial charge in [0, 0.05) is 23.5 Å². The van der Waals surface area contributed by atoms with Gasteiger partial charge in [0.05, 0.1) is 0 Å². The maximum Gasteiger partial charge on any atom is 0.263 e. The van der Waals surface area contributed by atoms with Crippen molar-refractivity contribution in [1.29, 1.82) is 0 Å². The molecule has 0 saturated heterocycles. The molecular formula is C23H29N3O3. The number of nitrogens with zero attached hydrogens (tertiary/aromatic N) is 1. The number of amides is 2. The summed E-state index contributed by atoms with van der Waals surface area (Å²) >= 11 is 0. The number of carbonyl (C=O) groups excluding carboxylic acids is 2. The van der Waals surface area contributed by atoms with Crippen molar-refractivity contribution in [3.05, 3.63) is 63.1 Å². The van der Waals surface area contributed by atoms with E-state index in [9.17, 15) is 14.4 Å². The van der Waals surface area contributed by atoms with E-state index in [1.165, 1.54) is 18.9 Å². The summed E-state index contributed by atoms with van der Waals surface area (Å²) in [5.41, 5.74) is 8.19. The first-order valence-corrected chi connectivity index (χ1v) is 10.5. The third-order valence-electron chi connectivity index (χ3n) is 5.49. The highest BCUT2D eigenvalue weighted by atomic mass is 16.2. The smallest absolute Gasteiger partial charge is 0.263 e. The molecule has 2 aromatic rings. The molecule has 29 heavy (non-hydrogen) atoms. The van der Waals surface area contributed by atoms with E-state index in [0.29, 0.717) is 17.8 Å². The third-order valence-corrected chi connectivity index (χ3v) is 5.49. The molecule has 0 unspecified atom stereocenters. The Bertz CT molecular complexity index is 962. The van der Waals surface area contributed by atoms with Crippen molar-refractivity contribution < 1.29 is 9.59 Å². The van der Waals surface area contributed by atoms with Crippen LogP contribution < -0.4 is 16.6 Å². The number of fused-ring (bicyclic) bond motifs is 1. The molecule has 6 nitrogen and oxygen atoms in total. The number of aromatic nitrogens is 1. The van der Waals surface area contributed by atoms with Crippen LogP contribution in [0, 0.1) is 0 Å². The number of hydrogen-bond donors (Lipinski definition) is 2. The minimum atomic E-state index is -0.566. The van der Waals surface area contributed by atoms with Gasteiger partial charge in [-0.1, -0.05) is 32.3 Å². The Labute approximate surface area is 171 Å². The van der Waals surface area contributed by atoms with Crippen LogP contribution in [0.1, 0.15) is 77.4 Å². The molecule has 1 aromatic carbocycles. The number of nitrogens with one attached hydrogen (secondary N) is 1. The molecule has 0 atom stereocenters. The number of nitrogens with two attached hydrogens (primary N) is 1. The Hall–Kier alpha value is -2.89. The number of unbranched alkanes of at least 4 members (excludes halogenated alkanes) is 1. The molecule has 0 spiro atoms. The lowest BCUT2D eigenvalue weighted by molar-refractivity contribution is 0.0996. The molecule has 3 N–H and O–H groups in total. The van der Waals surface area contributed by atoms with E-state index >= 15 is 0 Å². The number of carbonyl (C=O) groups is 2. The number of aryl methyl sites for hydroxylation is 1. The van der Waals surface area contributed by atoms with E-state index < -0.39 is 11.8 Å². The second-order valence-electron chi connectivity index (χ2n) is 7.65. The van der Waals surface area contributed by atoms with Crippen molar-refractivity contribution in [2.24, 2.45) is 5.73 Å². The molecule has 0 bridgehead atoms. The zero-order valence-corrected chi connectivity index (χ0v) is 17.0. The van der Waals surface area contributed by atoms with E-state index in [4.69, 9.17) is 5.73 Å². The van der Waals surface area contributed by atoms with Crippen molar-refractivity contribution in [3.63, 3.8) is 0 Å². The normalized spacial score (nSPS) is 13.8. The highest BCUT2D eigenvalue weighted by molar-refractivity contribution is 6.05. The molecule has 0 saturated carbocycles. The van der Waals surface area contributed by atoms with Crippen molar-refractivity contribution >= 4 is 17.5 Å². The summed E-state index contributed by atoms with van der Waals surface area (Å²) < 4.78 is 1.82. The number of anilines is 1. The van der Waals surface area contributed by atoms with Crippen molar-refractivity contribution in [2.45, 2.75) is 64.8 Å². The molecule has 0 aliphatic heterocycles. The van der Waals surface area contributed by atoms with Crippen LogP contribution in [-0.4, -0.2) is 16.4 Å². The van der Waals surface area contributed by atoms with Crippen LogP contribution >= 0.6 is 0 Å². The van der Waals surface area contributed by atoms with Gasteiger partial charge in [-0.05, 0) is 61.9 Å². The summed E-state index contributed by atoms with van der Waals surface area (Å²) in [6.45, 7) is 2.73. The number of hydrogen-bond acceptors (Lipinski definition) is 3. The molecule has 0 fully saturated rings. The number of benzene rings is 1. The third kappa shape index (κ3) is 4.94. The Morgan fingerprint density at radius 3 is 2.59 bits per heavy atom. The maximum atomic E-state index is 13.2. The summed E-state index contributed by atoms with van der Waals surface area (Å²) in [5, 5.41) is 2.75. The molecular weight excluding hydrogens is 366 g/mol. The molecule has 6 heteroatoms. The maximum absolute atomic E-state index is 13.2. The molecule has 154 valence electrons. The van der Waals surface area contributed by atoms with E-state index in [0.717, 1.165) is 49.8 Å². The Kier molecular flexibility index (Phi) is 6.86. The fraction of sp³-hybridized carbons (Fsp3) is 0.435. The largest absolute Gasteiger partial charge is 0.366 e. The quantitative estimate of drug-likeness (QED) is 0.781. The lowest BCUT2D eigenvalue weighted by Gasteiger charge is -2.21. The van der Waals surface area contributed by atoms with Crippen LogP contribution in [0.2, 0.25) is 0 Å². The van der Waals surface area contributed by atoms with E-state index in [2.05, 4.69) is 12.2 Å². The second-order valence-corrected chi connectivity index (χ2v) is 7.65. The number of rotatable bonds is 6. The van der Waals surface area contributed by atoms with Crippen LogP contribution in [0.4, 0.5) is 5.69 Å². The van der Waals surface area contributed by atoms with Gasteiger partial charge >= 0.3 is 0 Å². The predicted octanol–water partition coefficient (Wildman–Crippen LogP) is 3.66. The van der Waals surface area contributed by atoms with Crippen LogP contribution in [0.25, 0.3) is 0 Å². The summed E-state index contributed by atoms with van der Waals surface area (Å²) in [4.78, 5) is 37.5. The van der Waals surface area contributed by atoms with E-state index in [-0.39, 0.29) is 11.1 Å². The van der Waals surface area contributed by atoms with E-state index in [1.807, 2.05) is 4.57 Å². The fourth-order valence-corrected chi connectivity index (χ4v) is 3.90. The van der Waals surface area contributed by atoms with Gasteiger partial charge in [0.25, 0.3) is 11.5 Å². The fourth-order valence-electron chi connectivity index (χ4n) is 3.90. The molecule has 1 aromatic heterocycles. The predicted molar refractivity (Wildman–Crippen MR) is 114 cm³/mol. The molecule has 1 aliphatic rings. The van der Waals surface area contributed by atoms with Crippen LogP contribution in [0.5, 0.6) is 0 Å². The SMILES string of the molecule is CCCCn1c2c(cc(C(=O)Nc3cccc(C(N)=O)c3)c1=O)CCCCCC2. The van der Waals surface area contributed by atoms with Crippen LogP contribution in [0.3, 0.4) is 0 Å². The van der Waals surface area contributed by atoms with Gasteiger partial charge < -0.3 is 15.6 Å². The average molecular weight is 396 g/mol. The highest BCUT2D eigenvalue weighted by Gasteiger charge is 2.20. The monoisotopic (exact) mass is 395 g/mol. The summed E-state index contributed by atoms with van der Waals surface area (Å²) in [5.74, 6) is -1.02. The lowest BCUT2D eigenvalue weighted by Crippen LogP contribution is -2.33. The van der Waals surface area contributed by atoms with Gasteiger partial charge in [-0.2, -0.15) is 0 Å². The van der Waals surface area contributed by atoms with Gasteiger partial charge in [-0.25, -0.2) is 0 Å². The Balaban J connectivity index is 1.98. The number of pyridine rings is 1. The van der Waals surface area contributed by atoms with Gasteiger partial charge in [-0.15, -0.1) is 0 Å². The first-order valence-electron chi connectivity index (χ1n) is 10.5.